The molecule has 0 bridgehead atoms. The van der Waals surface area contributed by atoms with Crippen molar-refractivity contribution in [2.75, 3.05) is 38.1 Å². The Balaban J connectivity index is 1.51. The van der Waals surface area contributed by atoms with Crippen LogP contribution in [0.3, 0.4) is 0 Å². The third kappa shape index (κ3) is 3.82. The summed E-state index contributed by atoms with van der Waals surface area (Å²) < 4.78 is 1.99. The average molecular weight is 447 g/mol. The molecular formula is C28H26N6. The standard InChI is InChI=1S/C28H26N6/c1-32-16-18-33(19-17-32)26-11-10-25-30-27(28(34(25)31-26)22-12-14-29-15-13-22)24-9-5-8-23(20-24)21-6-3-2-4-7-21/h2-15,20H,16-19H2,1H3. The van der Waals surface area contributed by atoms with Gasteiger partial charge in [-0.05, 0) is 48.5 Å². The molecular weight excluding hydrogens is 420 g/mol. The molecule has 0 aliphatic carbocycles. The summed E-state index contributed by atoms with van der Waals surface area (Å²) >= 11 is 0. The van der Waals surface area contributed by atoms with Crippen LogP contribution in [0.25, 0.3) is 39.3 Å². The van der Waals surface area contributed by atoms with Crippen molar-refractivity contribution in [1.82, 2.24) is 24.5 Å². The maximum Gasteiger partial charge on any atom is 0.155 e. The van der Waals surface area contributed by atoms with E-state index in [4.69, 9.17) is 10.1 Å². The van der Waals surface area contributed by atoms with E-state index in [0.717, 1.165) is 60.2 Å². The van der Waals surface area contributed by atoms with Crippen LogP contribution in [0.15, 0.2) is 91.3 Å². The second-order valence-corrected chi connectivity index (χ2v) is 8.74. The molecule has 3 aromatic heterocycles. The highest BCUT2D eigenvalue weighted by molar-refractivity contribution is 5.83. The molecule has 0 atom stereocenters. The first-order valence-electron chi connectivity index (χ1n) is 11.7. The quantitative estimate of drug-likeness (QED) is 0.394. The highest BCUT2D eigenvalue weighted by Gasteiger charge is 2.20. The van der Waals surface area contributed by atoms with Crippen molar-refractivity contribution in [3.8, 4) is 33.6 Å². The van der Waals surface area contributed by atoms with Crippen molar-refractivity contribution >= 4 is 11.5 Å². The first-order valence-corrected chi connectivity index (χ1v) is 11.7. The molecule has 1 aliphatic rings. The number of hydrogen-bond donors (Lipinski definition) is 0. The summed E-state index contributed by atoms with van der Waals surface area (Å²) in [5.74, 6) is 0.984. The summed E-state index contributed by atoms with van der Waals surface area (Å²) in [5, 5.41) is 5.07. The lowest BCUT2D eigenvalue weighted by molar-refractivity contribution is 0.311. The van der Waals surface area contributed by atoms with Crippen molar-refractivity contribution in [3.05, 3.63) is 91.3 Å². The smallest absolute Gasteiger partial charge is 0.155 e. The van der Waals surface area contributed by atoms with Crippen LogP contribution < -0.4 is 4.90 Å². The van der Waals surface area contributed by atoms with Crippen molar-refractivity contribution in [2.24, 2.45) is 0 Å². The van der Waals surface area contributed by atoms with Gasteiger partial charge in [-0.2, -0.15) is 0 Å². The molecule has 0 saturated carbocycles. The molecule has 1 fully saturated rings. The van der Waals surface area contributed by atoms with Crippen LogP contribution in [0.5, 0.6) is 0 Å². The second kappa shape index (κ2) is 8.72. The molecule has 2 aromatic carbocycles. The molecule has 6 rings (SSSR count). The monoisotopic (exact) mass is 446 g/mol. The summed E-state index contributed by atoms with van der Waals surface area (Å²) in [6, 6.07) is 27.3. The van der Waals surface area contributed by atoms with Crippen LogP contribution in [0.2, 0.25) is 0 Å². The Kier molecular flexibility index (Phi) is 5.28. The van der Waals surface area contributed by atoms with Gasteiger partial charge in [0.2, 0.25) is 0 Å². The number of hydrogen-bond acceptors (Lipinski definition) is 5. The maximum atomic E-state index is 5.07. The minimum atomic E-state index is 0.838. The molecule has 6 nitrogen and oxygen atoms in total. The van der Waals surface area contributed by atoms with Gasteiger partial charge in [0.25, 0.3) is 0 Å². The van der Waals surface area contributed by atoms with Gasteiger partial charge in [0, 0.05) is 49.7 Å². The molecule has 0 N–H and O–H groups in total. The maximum absolute atomic E-state index is 5.07. The zero-order valence-electron chi connectivity index (χ0n) is 19.2. The lowest BCUT2D eigenvalue weighted by Gasteiger charge is -2.33. The number of pyridine rings is 1. The summed E-state index contributed by atoms with van der Waals surface area (Å²) in [4.78, 5) is 14.0. The van der Waals surface area contributed by atoms with Gasteiger partial charge in [0.05, 0.1) is 5.69 Å². The fourth-order valence-corrected chi connectivity index (χ4v) is 4.57. The number of imidazole rings is 1. The van der Waals surface area contributed by atoms with E-state index in [0.29, 0.717) is 0 Å². The summed E-state index contributed by atoms with van der Waals surface area (Å²) in [7, 11) is 2.17. The van der Waals surface area contributed by atoms with E-state index in [1.165, 1.54) is 11.1 Å². The van der Waals surface area contributed by atoms with Gasteiger partial charge in [0.15, 0.2) is 5.65 Å². The van der Waals surface area contributed by atoms with Crippen LogP contribution in [0.1, 0.15) is 0 Å². The molecule has 4 heterocycles. The SMILES string of the molecule is CN1CCN(c2ccc3nc(-c4cccc(-c5ccccc5)c4)c(-c4ccncc4)n3n2)CC1. The first kappa shape index (κ1) is 20.6. The second-order valence-electron chi connectivity index (χ2n) is 8.74. The molecule has 1 saturated heterocycles. The van der Waals surface area contributed by atoms with E-state index < -0.39 is 0 Å². The summed E-state index contributed by atoms with van der Waals surface area (Å²) in [5.41, 5.74) is 7.22. The number of likely N-dealkylation sites (N-methyl/N-ethyl adjacent to an activating group) is 1. The van der Waals surface area contributed by atoms with E-state index in [2.05, 4.69) is 82.5 Å². The third-order valence-electron chi connectivity index (χ3n) is 6.49. The third-order valence-corrected chi connectivity index (χ3v) is 6.49. The molecule has 0 radical (unpaired) electrons. The van der Waals surface area contributed by atoms with E-state index in [1.807, 2.05) is 35.1 Å². The van der Waals surface area contributed by atoms with E-state index in [9.17, 15) is 0 Å². The van der Waals surface area contributed by atoms with Crippen molar-refractivity contribution in [1.29, 1.82) is 0 Å². The Morgan fingerprint density at radius 3 is 2.21 bits per heavy atom. The van der Waals surface area contributed by atoms with Crippen LogP contribution >= 0.6 is 0 Å². The number of anilines is 1. The van der Waals surface area contributed by atoms with Gasteiger partial charge in [-0.3, -0.25) is 4.98 Å². The number of piperazine rings is 1. The van der Waals surface area contributed by atoms with Gasteiger partial charge < -0.3 is 9.80 Å². The predicted octanol–water partition coefficient (Wildman–Crippen LogP) is 4.88. The topological polar surface area (TPSA) is 49.6 Å². The van der Waals surface area contributed by atoms with Crippen molar-refractivity contribution in [2.45, 2.75) is 0 Å². The fourth-order valence-electron chi connectivity index (χ4n) is 4.57. The zero-order chi connectivity index (χ0) is 22.9. The van der Waals surface area contributed by atoms with Crippen LogP contribution in [-0.4, -0.2) is 57.7 Å². The van der Waals surface area contributed by atoms with Gasteiger partial charge in [-0.25, -0.2) is 9.50 Å². The Morgan fingerprint density at radius 2 is 1.41 bits per heavy atom. The minimum Gasteiger partial charge on any atom is -0.353 e. The Bertz CT molecular complexity index is 1420. The summed E-state index contributed by atoms with van der Waals surface area (Å²) in [6.45, 7) is 4.03. The normalized spacial score (nSPS) is 14.6. The van der Waals surface area contributed by atoms with Crippen molar-refractivity contribution < 1.29 is 0 Å². The number of benzene rings is 2. The average Bonchev–Trinajstić information content (AvgIpc) is 3.29. The molecule has 6 heteroatoms. The number of nitrogens with zero attached hydrogens (tertiary/aromatic N) is 6. The van der Waals surface area contributed by atoms with Crippen molar-refractivity contribution in [3.63, 3.8) is 0 Å². The Labute approximate surface area is 199 Å². The molecule has 0 unspecified atom stereocenters. The Morgan fingerprint density at radius 1 is 0.676 bits per heavy atom. The number of aromatic nitrogens is 4. The highest BCUT2D eigenvalue weighted by Crippen LogP contribution is 2.34. The van der Waals surface area contributed by atoms with Gasteiger partial charge in [-0.15, -0.1) is 5.10 Å². The molecule has 168 valence electrons. The predicted molar refractivity (Wildman–Crippen MR) is 137 cm³/mol. The molecule has 5 aromatic rings. The zero-order valence-corrected chi connectivity index (χ0v) is 19.2. The lowest BCUT2D eigenvalue weighted by Crippen LogP contribution is -2.44. The largest absolute Gasteiger partial charge is 0.353 e. The minimum absolute atomic E-state index is 0.838. The van der Waals surface area contributed by atoms with E-state index in [1.54, 1.807) is 0 Å². The lowest BCUT2D eigenvalue weighted by atomic mass is 10.00. The Hall–Kier alpha value is -4.03. The van der Waals surface area contributed by atoms with Crippen LogP contribution in [-0.2, 0) is 0 Å². The molecule has 1 aliphatic heterocycles. The van der Waals surface area contributed by atoms with Crippen LogP contribution in [0, 0.1) is 0 Å². The van der Waals surface area contributed by atoms with Crippen LogP contribution in [0.4, 0.5) is 5.82 Å². The van der Waals surface area contributed by atoms with E-state index >= 15 is 0 Å². The van der Waals surface area contributed by atoms with Gasteiger partial charge in [0.1, 0.15) is 11.5 Å². The van der Waals surface area contributed by atoms with E-state index in [-0.39, 0.29) is 0 Å². The molecule has 0 spiro atoms. The summed E-state index contributed by atoms with van der Waals surface area (Å²) in [6.07, 6.45) is 3.65. The molecule has 34 heavy (non-hydrogen) atoms. The fraction of sp³-hybridized carbons (Fsp3) is 0.179. The highest BCUT2D eigenvalue weighted by atomic mass is 15.4. The number of rotatable bonds is 4. The number of fused-ring (bicyclic) bond motifs is 1. The van der Waals surface area contributed by atoms with Gasteiger partial charge >= 0.3 is 0 Å². The molecule has 0 amide bonds. The first-order chi connectivity index (χ1) is 16.8. The van der Waals surface area contributed by atoms with Gasteiger partial charge in [-0.1, -0.05) is 48.5 Å².